The minimum atomic E-state index is -0.203. The second kappa shape index (κ2) is 4.29. The van der Waals surface area contributed by atoms with E-state index in [0.29, 0.717) is 13.2 Å². The fourth-order valence-electron chi connectivity index (χ4n) is 2.18. The van der Waals surface area contributed by atoms with E-state index < -0.39 is 0 Å². The summed E-state index contributed by atoms with van der Waals surface area (Å²) >= 11 is 0. The molecular weight excluding hydrogens is 193 g/mol. The Morgan fingerprint density at radius 1 is 1.47 bits per heavy atom. The second-order valence-electron chi connectivity index (χ2n) is 4.15. The molecule has 1 aliphatic rings. The maximum absolute atomic E-state index is 13.1. The first kappa shape index (κ1) is 10.6. The zero-order valence-electron chi connectivity index (χ0n) is 8.71. The Morgan fingerprint density at radius 2 is 2.33 bits per heavy atom. The lowest BCUT2D eigenvalue weighted by Gasteiger charge is -2.36. The molecule has 0 saturated carbocycles. The molecule has 2 rings (SSSR count). The van der Waals surface area contributed by atoms with Crippen LogP contribution in [0.4, 0.5) is 4.39 Å². The molecule has 0 spiro atoms. The van der Waals surface area contributed by atoms with Gasteiger partial charge in [-0.1, -0.05) is 12.1 Å². The Bertz CT molecular complexity index is 334. The van der Waals surface area contributed by atoms with Gasteiger partial charge in [0.2, 0.25) is 0 Å². The molecule has 2 N–H and O–H groups in total. The lowest BCUT2D eigenvalue weighted by molar-refractivity contribution is 0.0376. The highest BCUT2D eigenvalue weighted by molar-refractivity contribution is 5.27. The fraction of sp³-hybridized carbons (Fsp3) is 0.500. The van der Waals surface area contributed by atoms with Gasteiger partial charge < -0.3 is 10.5 Å². The van der Waals surface area contributed by atoms with Crippen molar-refractivity contribution < 1.29 is 9.13 Å². The lowest BCUT2D eigenvalue weighted by atomic mass is 9.76. The highest BCUT2D eigenvalue weighted by Crippen LogP contribution is 2.32. The molecule has 0 bridgehead atoms. The molecule has 15 heavy (non-hydrogen) atoms. The minimum absolute atomic E-state index is 0.180. The third-order valence-electron chi connectivity index (χ3n) is 3.15. The predicted octanol–water partition coefficient (Wildman–Crippen LogP) is 1.83. The molecule has 1 heterocycles. The summed E-state index contributed by atoms with van der Waals surface area (Å²) in [6.07, 6.45) is 1.97. The van der Waals surface area contributed by atoms with Gasteiger partial charge in [0.1, 0.15) is 5.82 Å². The smallest absolute Gasteiger partial charge is 0.123 e. The molecule has 1 aromatic rings. The summed E-state index contributed by atoms with van der Waals surface area (Å²) in [5.74, 6) is -0.203. The van der Waals surface area contributed by atoms with Crippen LogP contribution in [0.1, 0.15) is 18.4 Å². The number of halogens is 1. The molecule has 2 nitrogen and oxygen atoms in total. The van der Waals surface area contributed by atoms with Crippen molar-refractivity contribution in [2.45, 2.75) is 18.3 Å². The highest BCUT2D eigenvalue weighted by Gasteiger charge is 2.33. The summed E-state index contributed by atoms with van der Waals surface area (Å²) in [6, 6.07) is 6.69. The van der Waals surface area contributed by atoms with Crippen molar-refractivity contribution in [3.05, 3.63) is 35.6 Å². The van der Waals surface area contributed by atoms with Crippen molar-refractivity contribution in [2.75, 3.05) is 19.8 Å². The molecule has 0 radical (unpaired) electrons. The average Bonchev–Trinajstić information content (AvgIpc) is 2.30. The predicted molar refractivity (Wildman–Crippen MR) is 57.2 cm³/mol. The van der Waals surface area contributed by atoms with Gasteiger partial charge in [0, 0.05) is 18.6 Å². The van der Waals surface area contributed by atoms with Crippen LogP contribution in [0.25, 0.3) is 0 Å². The molecule has 0 amide bonds. The first-order valence-electron chi connectivity index (χ1n) is 5.31. The summed E-state index contributed by atoms with van der Waals surface area (Å²) in [5, 5.41) is 0. The maximum atomic E-state index is 13.1. The molecule has 1 unspecified atom stereocenters. The number of rotatable bonds is 2. The van der Waals surface area contributed by atoms with Gasteiger partial charge in [-0.05, 0) is 30.5 Å². The largest absolute Gasteiger partial charge is 0.380 e. The number of hydrogen-bond acceptors (Lipinski definition) is 2. The monoisotopic (exact) mass is 209 g/mol. The SMILES string of the molecule is NCC1(c2cccc(F)c2)CCCOC1. The molecule has 0 aromatic heterocycles. The van der Waals surface area contributed by atoms with Crippen molar-refractivity contribution in [1.29, 1.82) is 0 Å². The Balaban J connectivity index is 2.32. The van der Waals surface area contributed by atoms with E-state index in [1.807, 2.05) is 6.07 Å². The zero-order chi connectivity index (χ0) is 10.7. The molecular formula is C12H16FNO. The van der Waals surface area contributed by atoms with E-state index >= 15 is 0 Å². The van der Waals surface area contributed by atoms with Crippen molar-refractivity contribution in [3.63, 3.8) is 0 Å². The van der Waals surface area contributed by atoms with Crippen LogP contribution < -0.4 is 5.73 Å². The Hall–Kier alpha value is -0.930. The number of ether oxygens (including phenoxy) is 1. The van der Waals surface area contributed by atoms with Gasteiger partial charge in [-0.2, -0.15) is 0 Å². The van der Waals surface area contributed by atoms with E-state index in [4.69, 9.17) is 10.5 Å². The standard InChI is InChI=1S/C12H16FNO/c13-11-4-1-3-10(7-11)12(8-14)5-2-6-15-9-12/h1,3-4,7H,2,5-6,8-9,14H2. The van der Waals surface area contributed by atoms with Crippen LogP contribution in [0.15, 0.2) is 24.3 Å². The summed E-state index contributed by atoms with van der Waals surface area (Å²) in [6.45, 7) is 1.90. The molecule has 1 aromatic carbocycles. The molecule has 1 atom stereocenters. The van der Waals surface area contributed by atoms with Crippen LogP contribution in [0.2, 0.25) is 0 Å². The summed E-state index contributed by atoms with van der Waals surface area (Å²) in [7, 11) is 0. The van der Waals surface area contributed by atoms with E-state index in [-0.39, 0.29) is 11.2 Å². The number of hydrogen-bond donors (Lipinski definition) is 1. The van der Waals surface area contributed by atoms with Gasteiger partial charge in [0.05, 0.1) is 6.61 Å². The molecule has 0 aliphatic carbocycles. The molecule has 82 valence electrons. The van der Waals surface area contributed by atoms with E-state index in [1.54, 1.807) is 12.1 Å². The number of nitrogens with two attached hydrogens (primary N) is 1. The van der Waals surface area contributed by atoms with E-state index in [2.05, 4.69) is 0 Å². The Kier molecular flexibility index (Phi) is 3.03. The summed E-state index contributed by atoms with van der Waals surface area (Å²) in [5.41, 5.74) is 6.60. The van der Waals surface area contributed by atoms with Gasteiger partial charge in [-0.25, -0.2) is 4.39 Å². The topological polar surface area (TPSA) is 35.2 Å². The van der Waals surface area contributed by atoms with Crippen LogP contribution in [0, 0.1) is 5.82 Å². The van der Waals surface area contributed by atoms with Crippen LogP contribution in [-0.2, 0) is 10.2 Å². The third-order valence-corrected chi connectivity index (χ3v) is 3.15. The van der Waals surface area contributed by atoms with Gasteiger partial charge in [-0.15, -0.1) is 0 Å². The van der Waals surface area contributed by atoms with Gasteiger partial charge in [0.25, 0.3) is 0 Å². The lowest BCUT2D eigenvalue weighted by Crippen LogP contribution is -2.42. The van der Waals surface area contributed by atoms with Crippen LogP contribution >= 0.6 is 0 Å². The van der Waals surface area contributed by atoms with Crippen molar-refractivity contribution in [2.24, 2.45) is 5.73 Å². The van der Waals surface area contributed by atoms with Crippen LogP contribution in [-0.4, -0.2) is 19.8 Å². The quantitative estimate of drug-likeness (QED) is 0.806. The second-order valence-corrected chi connectivity index (χ2v) is 4.15. The number of benzene rings is 1. The molecule has 1 aliphatic heterocycles. The van der Waals surface area contributed by atoms with E-state index in [0.717, 1.165) is 25.0 Å². The highest BCUT2D eigenvalue weighted by atomic mass is 19.1. The van der Waals surface area contributed by atoms with Gasteiger partial charge in [-0.3, -0.25) is 0 Å². The Labute approximate surface area is 89.2 Å². The van der Waals surface area contributed by atoms with Crippen molar-refractivity contribution >= 4 is 0 Å². The first-order valence-corrected chi connectivity index (χ1v) is 5.31. The summed E-state index contributed by atoms with van der Waals surface area (Å²) < 4.78 is 18.6. The molecule has 1 fully saturated rings. The van der Waals surface area contributed by atoms with Crippen LogP contribution in [0.3, 0.4) is 0 Å². The van der Waals surface area contributed by atoms with Gasteiger partial charge in [0.15, 0.2) is 0 Å². The first-order chi connectivity index (χ1) is 7.27. The fourth-order valence-corrected chi connectivity index (χ4v) is 2.18. The molecule has 3 heteroatoms. The Morgan fingerprint density at radius 3 is 2.93 bits per heavy atom. The minimum Gasteiger partial charge on any atom is -0.380 e. The normalized spacial score (nSPS) is 26.5. The van der Waals surface area contributed by atoms with Crippen LogP contribution in [0.5, 0.6) is 0 Å². The zero-order valence-corrected chi connectivity index (χ0v) is 8.71. The van der Waals surface area contributed by atoms with Crippen molar-refractivity contribution in [1.82, 2.24) is 0 Å². The third kappa shape index (κ3) is 2.03. The average molecular weight is 209 g/mol. The van der Waals surface area contributed by atoms with E-state index in [1.165, 1.54) is 6.07 Å². The van der Waals surface area contributed by atoms with Crippen molar-refractivity contribution in [3.8, 4) is 0 Å². The van der Waals surface area contributed by atoms with E-state index in [9.17, 15) is 4.39 Å². The maximum Gasteiger partial charge on any atom is 0.123 e. The molecule has 1 saturated heterocycles. The summed E-state index contributed by atoms with van der Waals surface area (Å²) in [4.78, 5) is 0. The van der Waals surface area contributed by atoms with Gasteiger partial charge >= 0.3 is 0 Å².